The maximum Gasteiger partial charge on any atom is 0.169 e. The zero-order valence-electron chi connectivity index (χ0n) is 7.43. The zero-order valence-corrected chi connectivity index (χ0v) is 8.25. The number of rotatable bonds is 5. The van der Waals surface area contributed by atoms with Crippen molar-refractivity contribution in [1.29, 1.82) is 5.26 Å². The highest BCUT2D eigenvalue weighted by Gasteiger charge is 2.01. The maximum atomic E-state index is 8.40. The summed E-state index contributed by atoms with van der Waals surface area (Å²) in [5.74, 6) is 0.435. The summed E-state index contributed by atoms with van der Waals surface area (Å²) in [6, 6.07) is 2.07. The van der Waals surface area contributed by atoms with E-state index in [-0.39, 0.29) is 0 Å². The van der Waals surface area contributed by atoms with E-state index in [0.29, 0.717) is 12.4 Å². The molecule has 0 saturated heterocycles. The smallest absolute Gasteiger partial charge is 0.169 e. The molecule has 0 fully saturated rings. The van der Waals surface area contributed by atoms with Gasteiger partial charge in [0, 0.05) is 26.0 Å². The molecular weight excluding hydrogens is 186 g/mol. The Morgan fingerprint density at radius 1 is 1.77 bits per heavy atom. The molecule has 0 aliphatic heterocycles. The van der Waals surface area contributed by atoms with Gasteiger partial charge in [-0.2, -0.15) is 5.26 Å². The van der Waals surface area contributed by atoms with Crippen LogP contribution in [0.1, 0.15) is 0 Å². The van der Waals surface area contributed by atoms with Crippen LogP contribution in [0.5, 0.6) is 0 Å². The Morgan fingerprint density at radius 3 is 3.31 bits per heavy atom. The summed E-state index contributed by atoms with van der Waals surface area (Å²) in [5.41, 5.74) is 0. The number of aromatic nitrogens is 2. The van der Waals surface area contributed by atoms with E-state index in [1.807, 2.05) is 10.8 Å². The maximum absolute atomic E-state index is 8.40. The van der Waals surface area contributed by atoms with Crippen LogP contribution in [0.3, 0.4) is 0 Å². The van der Waals surface area contributed by atoms with Crippen molar-refractivity contribution in [3.8, 4) is 6.07 Å². The van der Waals surface area contributed by atoms with Gasteiger partial charge in [-0.3, -0.25) is 0 Å². The summed E-state index contributed by atoms with van der Waals surface area (Å²) < 4.78 is 6.93. The summed E-state index contributed by atoms with van der Waals surface area (Å²) in [6.45, 7) is 1.45. The van der Waals surface area contributed by atoms with Crippen LogP contribution >= 0.6 is 11.8 Å². The molecule has 0 bridgehead atoms. The SMILES string of the molecule is COCCn1ccnc1SCC#N. The molecule has 0 radical (unpaired) electrons. The van der Waals surface area contributed by atoms with Gasteiger partial charge in [0.2, 0.25) is 0 Å². The average Bonchev–Trinajstić information content (AvgIpc) is 2.59. The van der Waals surface area contributed by atoms with E-state index in [2.05, 4.69) is 11.1 Å². The topological polar surface area (TPSA) is 50.8 Å². The average molecular weight is 197 g/mol. The summed E-state index contributed by atoms with van der Waals surface area (Å²) >= 11 is 1.44. The van der Waals surface area contributed by atoms with Crippen molar-refractivity contribution in [3.63, 3.8) is 0 Å². The Labute approximate surface area is 81.5 Å². The molecule has 0 aliphatic rings. The second-order valence-corrected chi connectivity index (χ2v) is 3.29. The van der Waals surface area contributed by atoms with Crippen molar-refractivity contribution in [2.45, 2.75) is 11.7 Å². The first-order valence-electron chi connectivity index (χ1n) is 3.88. The van der Waals surface area contributed by atoms with Gasteiger partial charge in [-0.25, -0.2) is 4.98 Å². The van der Waals surface area contributed by atoms with Crippen LogP contribution in [0.15, 0.2) is 17.6 Å². The summed E-state index contributed by atoms with van der Waals surface area (Å²) in [5, 5.41) is 9.27. The van der Waals surface area contributed by atoms with E-state index < -0.39 is 0 Å². The largest absolute Gasteiger partial charge is 0.383 e. The Kier molecular flexibility index (Phi) is 4.36. The molecule has 0 unspecified atom stereocenters. The molecule has 0 aromatic carbocycles. The summed E-state index contributed by atoms with van der Waals surface area (Å²) in [6.07, 6.45) is 3.62. The fraction of sp³-hybridized carbons (Fsp3) is 0.500. The van der Waals surface area contributed by atoms with Gasteiger partial charge in [-0.05, 0) is 0 Å². The van der Waals surface area contributed by atoms with Gasteiger partial charge in [0.15, 0.2) is 5.16 Å². The van der Waals surface area contributed by atoms with E-state index in [0.717, 1.165) is 11.7 Å². The third kappa shape index (κ3) is 3.09. The molecule has 1 aromatic heterocycles. The fourth-order valence-electron chi connectivity index (χ4n) is 0.892. The number of thioether (sulfide) groups is 1. The predicted octanol–water partition coefficient (Wildman–Crippen LogP) is 1.15. The van der Waals surface area contributed by atoms with Crippen LogP contribution < -0.4 is 0 Å². The molecule has 1 aromatic rings. The lowest BCUT2D eigenvalue weighted by Gasteiger charge is -2.04. The van der Waals surface area contributed by atoms with Gasteiger partial charge < -0.3 is 9.30 Å². The minimum Gasteiger partial charge on any atom is -0.383 e. The highest BCUT2D eigenvalue weighted by molar-refractivity contribution is 7.99. The minimum absolute atomic E-state index is 0.435. The Bertz CT molecular complexity index is 292. The van der Waals surface area contributed by atoms with Gasteiger partial charge in [0.25, 0.3) is 0 Å². The van der Waals surface area contributed by atoms with Crippen molar-refractivity contribution in [3.05, 3.63) is 12.4 Å². The Hall–Kier alpha value is -0.990. The lowest BCUT2D eigenvalue weighted by atomic mass is 10.7. The van der Waals surface area contributed by atoms with Crippen molar-refractivity contribution in [2.75, 3.05) is 19.5 Å². The highest BCUT2D eigenvalue weighted by Crippen LogP contribution is 2.14. The number of hydrogen-bond donors (Lipinski definition) is 0. The second kappa shape index (κ2) is 5.62. The molecule has 13 heavy (non-hydrogen) atoms. The standard InChI is InChI=1S/C8H11N3OS/c1-12-6-5-11-4-3-10-8(11)13-7-2-9/h3-4H,5-7H2,1H3. The molecule has 0 amide bonds. The van der Waals surface area contributed by atoms with Crippen LogP contribution in [0, 0.1) is 11.3 Å². The normalized spacial score (nSPS) is 9.85. The third-order valence-electron chi connectivity index (χ3n) is 1.48. The first-order chi connectivity index (χ1) is 6.38. The van der Waals surface area contributed by atoms with Crippen LogP contribution in [0.4, 0.5) is 0 Å². The van der Waals surface area contributed by atoms with Crippen LogP contribution in [-0.2, 0) is 11.3 Å². The van der Waals surface area contributed by atoms with E-state index >= 15 is 0 Å². The lowest BCUT2D eigenvalue weighted by Crippen LogP contribution is -2.04. The molecular formula is C8H11N3OS. The van der Waals surface area contributed by atoms with E-state index in [4.69, 9.17) is 10.00 Å². The summed E-state index contributed by atoms with van der Waals surface area (Å²) in [4.78, 5) is 4.13. The monoisotopic (exact) mass is 197 g/mol. The summed E-state index contributed by atoms with van der Waals surface area (Å²) in [7, 11) is 1.67. The molecule has 0 saturated carbocycles. The van der Waals surface area contributed by atoms with Gasteiger partial charge in [-0.15, -0.1) is 0 Å². The van der Waals surface area contributed by atoms with Crippen LogP contribution in [0.25, 0.3) is 0 Å². The van der Waals surface area contributed by atoms with Gasteiger partial charge in [-0.1, -0.05) is 11.8 Å². The number of nitriles is 1. The van der Waals surface area contributed by atoms with Gasteiger partial charge >= 0.3 is 0 Å². The number of nitrogens with zero attached hydrogens (tertiary/aromatic N) is 3. The second-order valence-electron chi connectivity index (χ2n) is 2.34. The first kappa shape index (κ1) is 10.1. The van der Waals surface area contributed by atoms with Gasteiger partial charge in [0.05, 0.1) is 18.4 Å². The molecule has 0 atom stereocenters. The molecule has 5 heteroatoms. The molecule has 0 spiro atoms. The van der Waals surface area contributed by atoms with Gasteiger partial charge in [0.1, 0.15) is 0 Å². The fourth-order valence-corrected chi connectivity index (χ4v) is 1.54. The van der Waals surface area contributed by atoms with E-state index in [9.17, 15) is 0 Å². The molecule has 0 N–H and O–H groups in total. The number of imidazole rings is 1. The predicted molar refractivity (Wildman–Crippen MR) is 50.4 cm³/mol. The highest BCUT2D eigenvalue weighted by atomic mass is 32.2. The van der Waals surface area contributed by atoms with Crippen molar-refractivity contribution >= 4 is 11.8 Å². The molecule has 4 nitrogen and oxygen atoms in total. The quantitative estimate of drug-likeness (QED) is 0.664. The molecule has 1 rings (SSSR count). The molecule has 70 valence electrons. The Morgan fingerprint density at radius 2 is 2.62 bits per heavy atom. The van der Waals surface area contributed by atoms with Crippen molar-refractivity contribution in [1.82, 2.24) is 9.55 Å². The number of hydrogen-bond acceptors (Lipinski definition) is 4. The van der Waals surface area contributed by atoms with Crippen LogP contribution in [0.2, 0.25) is 0 Å². The lowest BCUT2D eigenvalue weighted by molar-refractivity contribution is 0.185. The number of methoxy groups -OCH3 is 1. The minimum atomic E-state index is 0.435. The molecule has 0 aliphatic carbocycles. The van der Waals surface area contributed by atoms with Crippen LogP contribution in [-0.4, -0.2) is 29.0 Å². The van der Waals surface area contributed by atoms with Crippen molar-refractivity contribution < 1.29 is 4.74 Å². The molecule has 1 heterocycles. The third-order valence-corrected chi connectivity index (χ3v) is 2.35. The Balaban J connectivity index is 2.51. The van der Waals surface area contributed by atoms with E-state index in [1.165, 1.54) is 11.8 Å². The van der Waals surface area contributed by atoms with Crippen molar-refractivity contribution in [2.24, 2.45) is 0 Å². The first-order valence-corrected chi connectivity index (χ1v) is 4.87. The zero-order chi connectivity index (χ0) is 9.52. The number of ether oxygens (including phenoxy) is 1. The van der Waals surface area contributed by atoms with E-state index in [1.54, 1.807) is 13.3 Å².